The van der Waals surface area contributed by atoms with Gasteiger partial charge in [0.1, 0.15) is 0 Å². The van der Waals surface area contributed by atoms with Crippen LogP contribution in [0.5, 0.6) is 11.5 Å². The number of carbonyl (C=O) groups excluding carboxylic acids is 1. The first kappa shape index (κ1) is 23.4. The molecule has 0 amide bonds. The minimum atomic E-state index is -0.624. The zero-order valence-corrected chi connectivity index (χ0v) is 21.4. The van der Waals surface area contributed by atoms with Gasteiger partial charge in [0.2, 0.25) is 6.79 Å². The van der Waals surface area contributed by atoms with Crippen LogP contribution in [0.25, 0.3) is 6.08 Å². The fourth-order valence-corrected chi connectivity index (χ4v) is 5.69. The van der Waals surface area contributed by atoms with E-state index in [4.69, 9.17) is 14.2 Å². The number of benzene rings is 2. The van der Waals surface area contributed by atoms with Gasteiger partial charge < -0.3 is 14.2 Å². The summed E-state index contributed by atoms with van der Waals surface area (Å²) in [5.41, 5.74) is 3.37. The molecule has 0 unspecified atom stereocenters. The molecule has 35 heavy (non-hydrogen) atoms. The van der Waals surface area contributed by atoms with Gasteiger partial charge in [0.05, 0.1) is 28.5 Å². The van der Waals surface area contributed by atoms with Crippen LogP contribution < -0.4 is 24.4 Å². The highest BCUT2D eigenvalue weighted by molar-refractivity contribution is 7.98. The minimum absolute atomic E-state index is 0.186. The highest BCUT2D eigenvalue weighted by Gasteiger charge is 2.33. The zero-order valence-electron chi connectivity index (χ0n) is 19.8. The van der Waals surface area contributed by atoms with Crippen LogP contribution in [0, 0.1) is 6.92 Å². The molecule has 2 aliphatic rings. The molecule has 3 aromatic rings. The summed E-state index contributed by atoms with van der Waals surface area (Å²) in [5, 5.41) is 0. The van der Waals surface area contributed by atoms with Gasteiger partial charge in [-0.1, -0.05) is 23.5 Å². The van der Waals surface area contributed by atoms with Crippen molar-refractivity contribution in [3.05, 3.63) is 84.0 Å². The third kappa shape index (κ3) is 4.19. The summed E-state index contributed by atoms with van der Waals surface area (Å²) in [4.78, 5) is 33.0. The fourth-order valence-electron chi connectivity index (χ4n) is 4.25. The molecular formula is C26H24N2O5S2. The van der Waals surface area contributed by atoms with E-state index < -0.39 is 12.0 Å². The SMILES string of the molecule is CCOC(=O)C1=C(C)N=c2sc(=Cc3cc4c(cc3C)OCO4)c(=O)n2[C@@H]1c1ccc(SC)cc1. The van der Waals surface area contributed by atoms with Gasteiger partial charge >= 0.3 is 5.97 Å². The first-order valence-corrected chi connectivity index (χ1v) is 13.2. The number of carbonyl (C=O) groups is 1. The maximum atomic E-state index is 13.7. The van der Waals surface area contributed by atoms with E-state index in [-0.39, 0.29) is 19.0 Å². The number of thiazole rings is 1. The number of rotatable bonds is 5. The topological polar surface area (TPSA) is 79.1 Å². The van der Waals surface area contributed by atoms with Crippen LogP contribution in [0.3, 0.4) is 0 Å². The Bertz CT molecular complexity index is 1530. The molecule has 0 fully saturated rings. The van der Waals surface area contributed by atoms with Crippen LogP contribution in [0.15, 0.2) is 62.4 Å². The van der Waals surface area contributed by atoms with Crippen LogP contribution in [0.1, 0.15) is 36.6 Å². The van der Waals surface area contributed by atoms with Crippen molar-refractivity contribution in [2.75, 3.05) is 19.7 Å². The molecule has 9 heteroatoms. The maximum absolute atomic E-state index is 13.7. The second-order valence-corrected chi connectivity index (χ2v) is 10.0. The average Bonchev–Trinajstić information content (AvgIpc) is 3.42. The second-order valence-electron chi connectivity index (χ2n) is 8.14. The van der Waals surface area contributed by atoms with E-state index in [1.54, 1.807) is 30.2 Å². The molecule has 3 heterocycles. The Morgan fingerprint density at radius 2 is 1.94 bits per heavy atom. The van der Waals surface area contributed by atoms with E-state index in [9.17, 15) is 9.59 Å². The van der Waals surface area contributed by atoms with Crippen molar-refractivity contribution in [2.45, 2.75) is 31.7 Å². The first-order chi connectivity index (χ1) is 16.9. The fraction of sp³-hybridized carbons (Fsp3) is 0.269. The Hall–Kier alpha value is -3.30. The van der Waals surface area contributed by atoms with Gasteiger partial charge in [0.25, 0.3) is 5.56 Å². The molecule has 0 saturated carbocycles. The number of hydrogen-bond donors (Lipinski definition) is 0. The van der Waals surface area contributed by atoms with Crippen molar-refractivity contribution < 1.29 is 19.0 Å². The molecule has 180 valence electrons. The van der Waals surface area contributed by atoms with Crippen molar-refractivity contribution in [1.82, 2.24) is 4.57 Å². The number of aryl methyl sites for hydroxylation is 1. The largest absolute Gasteiger partial charge is 0.463 e. The number of esters is 1. The molecule has 0 radical (unpaired) electrons. The average molecular weight is 509 g/mol. The smallest absolute Gasteiger partial charge is 0.338 e. The van der Waals surface area contributed by atoms with Crippen LogP contribution in [-0.4, -0.2) is 30.2 Å². The van der Waals surface area contributed by atoms with Crippen LogP contribution in [0.4, 0.5) is 0 Å². The Morgan fingerprint density at radius 1 is 1.23 bits per heavy atom. The van der Waals surface area contributed by atoms with E-state index in [0.717, 1.165) is 21.6 Å². The number of aromatic nitrogens is 1. The van der Waals surface area contributed by atoms with E-state index in [0.29, 0.717) is 32.1 Å². The highest BCUT2D eigenvalue weighted by atomic mass is 32.2. The Balaban J connectivity index is 1.70. The zero-order chi connectivity index (χ0) is 24.7. The van der Waals surface area contributed by atoms with Crippen LogP contribution in [-0.2, 0) is 9.53 Å². The first-order valence-electron chi connectivity index (χ1n) is 11.1. The number of nitrogens with zero attached hydrogens (tertiary/aromatic N) is 2. The molecule has 0 N–H and O–H groups in total. The maximum Gasteiger partial charge on any atom is 0.338 e. The molecule has 0 bridgehead atoms. The summed E-state index contributed by atoms with van der Waals surface area (Å²) >= 11 is 2.93. The Labute approximate surface area is 210 Å². The number of allylic oxidation sites excluding steroid dienone is 1. The van der Waals surface area contributed by atoms with Crippen molar-refractivity contribution in [2.24, 2.45) is 4.99 Å². The van der Waals surface area contributed by atoms with Crippen LogP contribution >= 0.6 is 23.1 Å². The normalized spacial score (nSPS) is 16.8. The molecule has 0 aliphatic carbocycles. The van der Waals surface area contributed by atoms with Crippen molar-refractivity contribution in [1.29, 1.82) is 0 Å². The highest BCUT2D eigenvalue weighted by Crippen LogP contribution is 2.35. The van der Waals surface area contributed by atoms with Gasteiger partial charge in [-0.05, 0) is 74.1 Å². The van der Waals surface area contributed by atoms with Gasteiger partial charge in [-0.15, -0.1) is 11.8 Å². The quantitative estimate of drug-likeness (QED) is 0.387. The van der Waals surface area contributed by atoms with Gasteiger partial charge in [0, 0.05) is 4.90 Å². The lowest BCUT2D eigenvalue weighted by Gasteiger charge is -2.24. The van der Waals surface area contributed by atoms with E-state index in [1.807, 2.05) is 55.7 Å². The minimum Gasteiger partial charge on any atom is -0.463 e. The predicted octanol–water partition coefficient (Wildman–Crippen LogP) is 3.56. The number of thioether (sulfide) groups is 1. The van der Waals surface area contributed by atoms with Gasteiger partial charge in [0.15, 0.2) is 16.3 Å². The molecule has 1 aromatic heterocycles. The standard InChI is InChI=1S/C26H24N2O5S2/c1-5-31-25(30)22-15(3)27-26-28(23(22)16-6-8-18(34-4)9-7-16)24(29)21(35-26)12-17-11-20-19(10-14(17)2)32-13-33-20/h6-12,23H,5,13H2,1-4H3/t23-/m1/s1. The molecular weight excluding hydrogens is 484 g/mol. The van der Waals surface area contributed by atoms with Gasteiger partial charge in [-0.25, -0.2) is 9.79 Å². The Kier molecular flexibility index (Phi) is 6.29. The summed E-state index contributed by atoms with van der Waals surface area (Å²) in [6.07, 6.45) is 3.85. The summed E-state index contributed by atoms with van der Waals surface area (Å²) < 4.78 is 18.5. The molecule has 0 spiro atoms. The lowest BCUT2D eigenvalue weighted by molar-refractivity contribution is -0.139. The molecule has 1 atom stereocenters. The van der Waals surface area contributed by atoms with Gasteiger partial charge in [-0.3, -0.25) is 9.36 Å². The van der Waals surface area contributed by atoms with E-state index >= 15 is 0 Å². The molecule has 2 aromatic carbocycles. The monoisotopic (exact) mass is 508 g/mol. The summed E-state index contributed by atoms with van der Waals surface area (Å²) in [7, 11) is 0. The number of ether oxygens (including phenoxy) is 3. The second kappa shape index (κ2) is 9.39. The summed E-state index contributed by atoms with van der Waals surface area (Å²) in [6, 6.07) is 11.0. The lowest BCUT2D eigenvalue weighted by atomic mass is 9.96. The molecule has 0 saturated heterocycles. The molecule has 5 rings (SSSR count). The molecule has 2 aliphatic heterocycles. The van der Waals surface area contributed by atoms with Gasteiger partial charge in [-0.2, -0.15) is 0 Å². The summed E-state index contributed by atoms with van der Waals surface area (Å²) in [5.74, 6) is 0.889. The van der Waals surface area contributed by atoms with Crippen molar-refractivity contribution >= 4 is 35.1 Å². The third-order valence-corrected chi connectivity index (χ3v) is 7.72. The third-order valence-electron chi connectivity index (χ3n) is 6.00. The van der Waals surface area contributed by atoms with E-state index in [1.165, 1.54) is 11.3 Å². The number of hydrogen-bond acceptors (Lipinski definition) is 8. The number of fused-ring (bicyclic) bond motifs is 2. The van der Waals surface area contributed by atoms with E-state index in [2.05, 4.69) is 4.99 Å². The Morgan fingerprint density at radius 3 is 2.63 bits per heavy atom. The van der Waals surface area contributed by atoms with Crippen LogP contribution in [0.2, 0.25) is 0 Å². The summed E-state index contributed by atoms with van der Waals surface area (Å²) in [6.45, 7) is 5.94. The predicted molar refractivity (Wildman–Crippen MR) is 136 cm³/mol. The van der Waals surface area contributed by atoms with Crippen molar-refractivity contribution in [3.63, 3.8) is 0 Å². The lowest BCUT2D eigenvalue weighted by Crippen LogP contribution is -2.39. The molecule has 7 nitrogen and oxygen atoms in total. The van der Waals surface area contributed by atoms with Crippen molar-refractivity contribution in [3.8, 4) is 11.5 Å².